The first-order valence-electron chi connectivity index (χ1n) is 22.5. The zero-order valence-electron chi connectivity index (χ0n) is 37.5. The number of aromatic amines is 1. The lowest BCUT2D eigenvalue weighted by atomic mass is 9.47. The van der Waals surface area contributed by atoms with E-state index in [1.165, 1.54) is 19.6 Å². The molecule has 3 aromatic rings. The number of esters is 2. The van der Waals surface area contributed by atoms with Crippen LogP contribution in [0.1, 0.15) is 82.7 Å². The Morgan fingerprint density at radius 3 is 2.56 bits per heavy atom. The number of alkyl carbamates (subject to hydrolysis) is 1. The van der Waals surface area contributed by atoms with Crippen molar-refractivity contribution in [3.8, 4) is 5.75 Å². The number of hydrogen-bond donors (Lipinski definition) is 3. The van der Waals surface area contributed by atoms with E-state index < -0.39 is 46.1 Å². The number of amides is 1. The maximum absolute atomic E-state index is 15.4. The van der Waals surface area contributed by atoms with Gasteiger partial charge >= 0.3 is 18.0 Å². The first-order valence-corrected chi connectivity index (χ1v) is 22.5. The summed E-state index contributed by atoms with van der Waals surface area (Å²) in [6.07, 6.45) is 7.91. The maximum atomic E-state index is 15.4. The molecular formula is C49H63N5O8. The summed E-state index contributed by atoms with van der Waals surface area (Å²) in [5.74, 6) is -0.319. The molecule has 9 atom stereocenters. The number of aliphatic hydroxyl groups is 1. The van der Waals surface area contributed by atoms with Gasteiger partial charge in [-0.1, -0.05) is 55.8 Å². The predicted molar refractivity (Wildman–Crippen MR) is 237 cm³/mol. The number of nitrogens with one attached hydrogen (secondary N) is 2. The number of methoxy groups -OCH3 is 2. The van der Waals surface area contributed by atoms with Crippen LogP contribution in [0.2, 0.25) is 0 Å². The number of ether oxygens (including phenoxy) is 4. The van der Waals surface area contributed by atoms with Crippen LogP contribution >= 0.6 is 0 Å². The third-order valence-electron chi connectivity index (χ3n) is 15.5. The van der Waals surface area contributed by atoms with Crippen LogP contribution in [0.3, 0.4) is 0 Å². The van der Waals surface area contributed by atoms with Crippen molar-refractivity contribution in [1.82, 2.24) is 20.1 Å². The minimum atomic E-state index is -1.82. The lowest BCUT2D eigenvalue weighted by Crippen LogP contribution is -2.81. The highest BCUT2D eigenvalue weighted by atomic mass is 16.6. The fourth-order valence-electron chi connectivity index (χ4n) is 13.5. The fraction of sp³-hybridized carbons (Fsp3) is 0.571. The molecule has 13 nitrogen and oxygen atoms in total. The van der Waals surface area contributed by atoms with Gasteiger partial charge < -0.3 is 39.3 Å². The lowest BCUT2D eigenvalue weighted by Gasteiger charge is -2.64. The first kappa shape index (κ1) is 42.5. The Bertz CT molecular complexity index is 2360. The number of carbonyl (C=O) groups excluding carboxylic acids is 3. The van der Waals surface area contributed by atoms with Gasteiger partial charge in [0.25, 0.3) is 0 Å². The molecule has 1 unspecified atom stereocenters. The molecule has 1 saturated carbocycles. The van der Waals surface area contributed by atoms with Gasteiger partial charge in [-0.3, -0.25) is 19.4 Å². The van der Waals surface area contributed by atoms with Gasteiger partial charge in [0, 0.05) is 90.9 Å². The molecule has 62 heavy (non-hydrogen) atoms. The molecule has 5 aliphatic heterocycles. The highest BCUT2D eigenvalue weighted by molar-refractivity contribution is 5.94. The van der Waals surface area contributed by atoms with E-state index in [0.717, 1.165) is 72.4 Å². The van der Waals surface area contributed by atoms with Crippen LogP contribution in [0.4, 0.5) is 10.5 Å². The minimum Gasteiger partial charge on any atom is -0.496 e. The molecule has 332 valence electrons. The quantitative estimate of drug-likeness (QED) is 0.137. The van der Waals surface area contributed by atoms with Crippen molar-refractivity contribution >= 4 is 34.6 Å². The third-order valence-corrected chi connectivity index (χ3v) is 15.5. The van der Waals surface area contributed by atoms with E-state index in [2.05, 4.69) is 81.3 Å². The van der Waals surface area contributed by atoms with Crippen LogP contribution in [0, 0.1) is 11.3 Å². The average Bonchev–Trinajstić information content (AvgIpc) is 3.92. The molecule has 1 saturated heterocycles. The van der Waals surface area contributed by atoms with Crippen LogP contribution < -0.4 is 15.0 Å². The SMILES string of the molecule is CCC1=C[C@@H]2CN(CCc3c([nH]c4ccccc34)[C@@](C(=O)OC)(c3cc4c(cc3OC)N(C)[C@H]3[C@@](O)(CNC(=O)OC(C)C)[C@H](OC(C)=O)[C@]5(CC)C=CCN6CC[C@]43[C@@H]65)C2)C1. The van der Waals surface area contributed by atoms with Crippen molar-refractivity contribution in [2.45, 2.75) is 107 Å². The zero-order chi connectivity index (χ0) is 43.9. The van der Waals surface area contributed by atoms with Crippen LogP contribution in [-0.2, 0) is 41.1 Å². The average molecular weight is 850 g/mol. The molecule has 6 aliphatic rings. The Labute approximate surface area is 364 Å². The monoisotopic (exact) mass is 849 g/mol. The number of para-hydroxylation sites is 1. The van der Waals surface area contributed by atoms with Gasteiger partial charge in [0.2, 0.25) is 0 Å². The Kier molecular flexibility index (Phi) is 10.6. The second-order valence-electron chi connectivity index (χ2n) is 19.0. The Hall–Kier alpha value is -4.85. The van der Waals surface area contributed by atoms with E-state index in [1.54, 1.807) is 21.0 Å². The van der Waals surface area contributed by atoms with Crippen LogP contribution in [-0.4, -0.2) is 128 Å². The van der Waals surface area contributed by atoms with E-state index in [0.29, 0.717) is 37.1 Å². The molecule has 1 amide bonds. The number of anilines is 1. The molecule has 1 spiro atoms. The molecule has 3 N–H and O–H groups in total. The van der Waals surface area contributed by atoms with Gasteiger partial charge in [-0.2, -0.15) is 0 Å². The van der Waals surface area contributed by atoms with E-state index in [9.17, 15) is 14.7 Å². The van der Waals surface area contributed by atoms with E-state index in [4.69, 9.17) is 18.9 Å². The van der Waals surface area contributed by atoms with Crippen molar-refractivity contribution in [1.29, 1.82) is 0 Å². The number of rotatable bonds is 9. The summed E-state index contributed by atoms with van der Waals surface area (Å²) in [4.78, 5) is 52.8. The van der Waals surface area contributed by atoms with Crippen LogP contribution in [0.5, 0.6) is 5.75 Å². The van der Waals surface area contributed by atoms with Crippen molar-refractivity contribution < 1.29 is 38.4 Å². The Morgan fingerprint density at radius 2 is 1.85 bits per heavy atom. The smallest absolute Gasteiger partial charge is 0.407 e. The van der Waals surface area contributed by atoms with Crippen LogP contribution in [0.25, 0.3) is 10.9 Å². The van der Waals surface area contributed by atoms with Gasteiger partial charge in [-0.15, -0.1) is 0 Å². The molecule has 6 heterocycles. The summed E-state index contributed by atoms with van der Waals surface area (Å²) < 4.78 is 24.3. The van der Waals surface area contributed by atoms with Gasteiger partial charge in [0.15, 0.2) is 0 Å². The largest absolute Gasteiger partial charge is 0.496 e. The van der Waals surface area contributed by atoms with Crippen molar-refractivity contribution in [3.63, 3.8) is 0 Å². The molecule has 9 rings (SSSR count). The van der Waals surface area contributed by atoms with Crippen LogP contribution in [0.15, 0.2) is 60.2 Å². The fourth-order valence-corrected chi connectivity index (χ4v) is 13.5. The molecule has 2 fully saturated rings. The maximum Gasteiger partial charge on any atom is 0.407 e. The summed E-state index contributed by atoms with van der Waals surface area (Å²) in [7, 11) is 5.10. The van der Waals surface area contributed by atoms with Gasteiger partial charge in [-0.25, -0.2) is 4.79 Å². The summed E-state index contributed by atoms with van der Waals surface area (Å²) in [6.45, 7) is 13.0. The number of H-pyrrole nitrogens is 1. The number of benzene rings is 2. The molecular weight excluding hydrogens is 787 g/mol. The van der Waals surface area contributed by atoms with Gasteiger partial charge in [0.1, 0.15) is 22.9 Å². The van der Waals surface area contributed by atoms with Gasteiger partial charge in [-0.05, 0) is 81.7 Å². The number of hydrogen-bond acceptors (Lipinski definition) is 11. The summed E-state index contributed by atoms with van der Waals surface area (Å²) in [6, 6.07) is 11.6. The molecule has 0 radical (unpaired) electrons. The standard InChI is InChI=1S/C49H63N5O8/c1-9-31-22-32-25-48(44(56)60-8,40-34(16-20-53(26-31)27-32)33-14-11-12-15-37(33)51-40)36-23-35-38(24-39(36)59-7)52(6)42-47(35)18-21-54-19-13-17-46(10-2,41(47)54)43(62-30(5)55)49(42,58)28-50-45(57)61-29(3)4/h11-15,17,22-24,29,32,41-43,51,58H,9-10,16,18-21,25-28H2,1-8H3,(H,50,57)/t32-,41-,42+,43+,46+,47+,48-,49-/m0/s1. The van der Waals surface area contributed by atoms with Crippen molar-refractivity contribution in [3.05, 3.63) is 82.6 Å². The number of fused-ring (bicyclic) bond motifs is 6. The molecule has 2 bridgehead atoms. The molecule has 1 aromatic heterocycles. The van der Waals surface area contributed by atoms with E-state index >= 15 is 4.79 Å². The van der Waals surface area contributed by atoms with E-state index in [1.807, 2.05) is 19.2 Å². The number of nitrogens with zero attached hydrogens (tertiary/aromatic N) is 3. The second-order valence-corrected chi connectivity index (χ2v) is 19.0. The predicted octanol–water partition coefficient (Wildman–Crippen LogP) is 5.76. The minimum absolute atomic E-state index is 0.0285. The van der Waals surface area contributed by atoms with Gasteiger partial charge in [0.05, 0.1) is 32.9 Å². The molecule has 13 heteroatoms. The third kappa shape index (κ3) is 6.00. The number of aromatic nitrogens is 1. The Balaban J connectivity index is 1.33. The van der Waals surface area contributed by atoms with Crippen molar-refractivity contribution in [2.24, 2.45) is 11.3 Å². The zero-order valence-corrected chi connectivity index (χ0v) is 37.5. The number of likely N-dealkylation sites (N-methyl/N-ethyl adjacent to an activating group) is 1. The second kappa shape index (κ2) is 15.4. The number of carbonyl (C=O) groups is 3. The molecule has 2 aromatic carbocycles. The Morgan fingerprint density at radius 1 is 1.06 bits per heavy atom. The van der Waals surface area contributed by atoms with Crippen molar-refractivity contribution in [2.75, 3.05) is 65.4 Å². The first-order chi connectivity index (χ1) is 29.7. The highest BCUT2D eigenvalue weighted by Gasteiger charge is 2.78. The molecule has 1 aliphatic carbocycles. The van der Waals surface area contributed by atoms with E-state index in [-0.39, 0.29) is 30.6 Å². The summed E-state index contributed by atoms with van der Waals surface area (Å²) in [5.41, 5.74) is 2.02. The summed E-state index contributed by atoms with van der Waals surface area (Å²) in [5, 5.41) is 17.7. The normalized spacial score (nSPS) is 33.3. The lowest BCUT2D eigenvalue weighted by molar-refractivity contribution is -0.217. The topological polar surface area (TPSA) is 146 Å². The highest BCUT2D eigenvalue weighted by Crippen LogP contribution is 2.68. The summed E-state index contributed by atoms with van der Waals surface area (Å²) >= 11 is 0.